The molecule has 0 saturated carbocycles. The third-order valence-electron chi connectivity index (χ3n) is 4.22. The van der Waals surface area contributed by atoms with Crippen LogP contribution in [0, 0.1) is 5.92 Å². The van der Waals surface area contributed by atoms with E-state index in [0.717, 1.165) is 52.0 Å². The minimum Gasteiger partial charge on any atom is -0.340 e. The SMILES string of the molecule is CCC(CC)C(=O)N1CCN(C(CC)CN)CC1. The Morgan fingerprint density at radius 3 is 2.00 bits per heavy atom. The van der Waals surface area contributed by atoms with Gasteiger partial charge >= 0.3 is 0 Å². The van der Waals surface area contributed by atoms with Crippen LogP contribution >= 0.6 is 0 Å². The fourth-order valence-electron chi connectivity index (χ4n) is 2.78. The third kappa shape index (κ3) is 3.69. The molecule has 1 unspecified atom stereocenters. The number of rotatable bonds is 6. The molecular formula is C14H29N3O. The van der Waals surface area contributed by atoms with Crippen molar-refractivity contribution < 1.29 is 4.79 Å². The molecule has 0 radical (unpaired) electrons. The molecule has 1 rings (SSSR count). The van der Waals surface area contributed by atoms with Crippen molar-refractivity contribution in [1.29, 1.82) is 0 Å². The lowest BCUT2D eigenvalue weighted by atomic mass is 10.0. The van der Waals surface area contributed by atoms with Crippen molar-refractivity contribution in [3.63, 3.8) is 0 Å². The van der Waals surface area contributed by atoms with E-state index in [2.05, 4.69) is 25.7 Å². The van der Waals surface area contributed by atoms with Gasteiger partial charge in [-0.25, -0.2) is 0 Å². The highest BCUT2D eigenvalue weighted by Crippen LogP contribution is 2.15. The van der Waals surface area contributed by atoms with Gasteiger partial charge in [-0.15, -0.1) is 0 Å². The van der Waals surface area contributed by atoms with Crippen molar-refractivity contribution in [3.8, 4) is 0 Å². The first-order valence-corrected chi connectivity index (χ1v) is 7.40. The smallest absolute Gasteiger partial charge is 0.225 e. The Balaban J connectivity index is 2.45. The Morgan fingerprint density at radius 1 is 1.06 bits per heavy atom. The van der Waals surface area contributed by atoms with Crippen LogP contribution in [-0.4, -0.2) is 54.5 Å². The fraction of sp³-hybridized carbons (Fsp3) is 0.929. The van der Waals surface area contributed by atoms with Gasteiger partial charge < -0.3 is 10.6 Å². The number of nitrogens with zero attached hydrogens (tertiary/aromatic N) is 2. The van der Waals surface area contributed by atoms with Gasteiger partial charge in [-0.2, -0.15) is 0 Å². The molecule has 1 aliphatic rings. The monoisotopic (exact) mass is 255 g/mol. The molecule has 1 amide bonds. The van der Waals surface area contributed by atoms with Crippen LogP contribution in [0.1, 0.15) is 40.0 Å². The van der Waals surface area contributed by atoms with Crippen molar-refractivity contribution in [1.82, 2.24) is 9.80 Å². The predicted molar refractivity (Wildman–Crippen MR) is 75.4 cm³/mol. The van der Waals surface area contributed by atoms with Crippen molar-refractivity contribution in [2.24, 2.45) is 11.7 Å². The summed E-state index contributed by atoms with van der Waals surface area (Å²) in [5.41, 5.74) is 5.78. The number of carbonyl (C=O) groups excluding carboxylic acids is 1. The van der Waals surface area contributed by atoms with Crippen molar-refractivity contribution >= 4 is 5.91 Å². The van der Waals surface area contributed by atoms with E-state index in [4.69, 9.17) is 5.73 Å². The normalized spacial score (nSPS) is 19.3. The molecule has 0 aliphatic carbocycles. The standard InChI is InChI=1S/C14H29N3O/c1-4-12(5-2)14(18)17-9-7-16(8-10-17)13(6-3)11-15/h12-13H,4-11,15H2,1-3H3. The molecule has 18 heavy (non-hydrogen) atoms. The molecule has 1 aliphatic heterocycles. The lowest BCUT2D eigenvalue weighted by Gasteiger charge is -2.39. The number of nitrogens with two attached hydrogens (primary N) is 1. The summed E-state index contributed by atoms with van der Waals surface area (Å²) in [6.45, 7) is 10.8. The van der Waals surface area contributed by atoms with Crippen molar-refractivity contribution in [2.45, 2.75) is 46.1 Å². The molecule has 2 N–H and O–H groups in total. The Kier molecular flexibility index (Phi) is 6.65. The van der Waals surface area contributed by atoms with Crippen LogP contribution < -0.4 is 5.73 Å². The molecule has 106 valence electrons. The lowest BCUT2D eigenvalue weighted by molar-refractivity contribution is -0.137. The van der Waals surface area contributed by atoms with E-state index in [1.807, 2.05) is 4.90 Å². The third-order valence-corrected chi connectivity index (χ3v) is 4.22. The minimum atomic E-state index is 0.216. The maximum absolute atomic E-state index is 12.3. The molecule has 0 aromatic rings. The maximum atomic E-state index is 12.3. The van der Waals surface area contributed by atoms with E-state index in [0.29, 0.717) is 11.9 Å². The van der Waals surface area contributed by atoms with Gasteiger partial charge in [0, 0.05) is 44.7 Å². The lowest BCUT2D eigenvalue weighted by Crippen LogP contribution is -2.54. The average Bonchev–Trinajstić information content (AvgIpc) is 2.42. The van der Waals surface area contributed by atoms with E-state index in [9.17, 15) is 4.79 Å². The summed E-state index contributed by atoms with van der Waals surface area (Å²) in [5.74, 6) is 0.563. The summed E-state index contributed by atoms with van der Waals surface area (Å²) >= 11 is 0. The number of amides is 1. The largest absolute Gasteiger partial charge is 0.340 e. The minimum absolute atomic E-state index is 0.216. The molecule has 0 bridgehead atoms. The Morgan fingerprint density at radius 2 is 1.61 bits per heavy atom. The summed E-state index contributed by atoms with van der Waals surface area (Å²) in [5, 5.41) is 0. The highest BCUT2D eigenvalue weighted by atomic mass is 16.2. The van der Waals surface area contributed by atoms with Crippen LogP contribution in [0.4, 0.5) is 0 Å². The zero-order chi connectivity index (χ0) is 13.5. The first-order chi connectivity index (χ1) is 8.67. The van der Waals surface area contributed by atoms with Gasteiger partial charge in [0.2, 0.25) is 5.91 Å². The van der Waals surface area contributed by atoms with Crippen LogP contribution in [0.3, 0.4) is 0 Å². The Hall–Kier alpha value is -0.610. The second-order valence-corrected chi connectivity index (χ2v) is 5.17. The molecule has 4 nitrogen and oxygen atoms in total. The number of piperazine rings is 1. The van der Waals surface area contributed by atoms with Gasteiger partial charge in [-0.05, 0) is 19.3 Å². The van der Waals surface area contributed by atoms with E-state index >= 15 is 0 Å². The van der Waals surface area contributed by atoms with E-state index in [1.54, 1.807) is 0 Å². The van der Waals surface area contributed by atoms with Gasteiger partial charge in [0.25, 0.3) is 0 Å². The Bertz CT molecular complexity index is 241. The summed E-state index contributed by atoms with van der Waals surface area (Å²) in [6, 6.07) is 0.482. The van der Waals surface area contributed by atoms with Gasteiger partial charge in [-0.1, -0.05) is 20.8 Å². The van der Waals surface area contributed by atoms with E-state index in [-0.39, 0.29) is 5.92 Å². The fourth-order valence-corrected chi connectivity index (χ4v) is 2.78. The van der Waals surface area contributed by atoms with Crippen LogP contribution in [0.25, 0.3) is 0 Å². The molecule has 0 spiro atoms. The molecule has 1 heterocycles. The molecule has 1 saturated heterocycles. The zero-order valence-electron chi connectivity index (χ0n) is 12.2. The van der Waals surface area contributed by atoms with Gasteiger partial charge in [-0.3, -0.25) is 9.69 Å². The average molecular weight is 255 g/mol. The quantitative estimate of drug-likeness (QED) is 0.778. The second-order valence-electron chi connectivity index (χ2n) is 5.17. The summed E-state index contributed by atoms with van der Waals surface area (Å²) in [6.07, 6.45) is 3.00. The maximum Gasteiger partial charge on any atom is 0.225 e. The van der Waals surface area contributed by atoms with Gasteiger partial charge in [0.1, 0.15) is 0 Å². The van der Waals surface area contributed by atoms with E-state index in [1.165, 1.54) is 0 Å². The number of carbonyl (C=O) groups is 1. The van der Waals surface area contributed by atoms with Crippen molar-refractivity contribution in [3.05, 3.63) is 0 Å². The van der Waals surface area contributed by atoms with Crippen molar-refractivity contribution in [2.75, 3.05) is 32.7 Å². The van der Waals surface area contributed by atoms with Crippen LogP contribution in [0.2, 0.25) is 0 Å². The Labute approximate surface area is 111 Å². The zero-order valence-corrected chi connectivity index (χ0v) is 12.2. The molecule has 0 aromatic carbocycles. The molecule has 1 atom stereocenters. The van der Waals surface area contributed by atoms with Crippen LogP contribution in [0.15, 0.2) is 0 Å². The highest BCUT2D eigenvalue weighted by molar-refractivity contribution is 5.78. The van der Waals surface area contributed by atoms with Crippen LogP contribution in [-0.2, 0) is 4.79 Å². The van der Waals surface area contributed by atoms with Gasteiger partial charge in [0.15, 0.2) is 0 Å². The molecular weight excluding hydrogens is 226 g/mol. The first kappa shape index (κ1) is 15.4. The molecule has 1 fully saturated rings. The summed E-state index contributed by atoms with van der Waals surface area (Å²) < 4.78 is 0. The topological polar surface area (TPSA) is 49.6 Å². The van der Waals surface area contributed by atoms with Gasteiger partial charge in [0.05, 0.1) is 0 Å². The predicted octanol–water partition coefficient (Wildman–Crippen LogP) is 1.30. The molecule has 4 heteroatoms. The molecule has 0 aromatic heterocycles. The summed E-state index contributed by atoms with van der Waals surface area (Å²) in [7, 11) is 0. The highest BCUT2D eigenvalue weighted by Gasteiger charge is 2.27. The first-order valence-electron chi connectivity index (χ1n) is 7.40. The second kappa shape index (κ2) is 7.74. The van der Waals surface area contributed by atoms with Crippen LogP contribution in [0.5, 0.6) is 0 Å². The number of hydrogen-bond donors (Lipinski definition) is 1. The summed E-state index contributed by atoms with van der Waals surface area (Å²) in [4.78, 5) is 16.7. The number of hydrogen-bond acceptors (Lipinski definition) is 3. The van der Waals surface area contributed by atoms with E-state index < -0.39 is 0 Å².